The van der Waals surface area contributed by atoms with Crippen molar-refractivity contribution < 1.29 is 23.4 Å². The van der Waals surface area contributed by atoms with Crippen molar-refractivity contribution in [1.29, 1.82) is 0 Å². The van der Waals surface area contributed by atoms with Crippen molar-refractivity contribution in [2.24, 2.45) is 0 Å². The summed E-state index contributed by atoms with van der Waals surface area (Å²) in [5, 5.41) is 9.25. The molecular formula is C12H12F2O3. The minimum Gasteiger partial charge on any atom is -0.481 e. The molecular weight excluding hydrogens is 230 g/mol. The summed E-state index contributed by atoms with van der Waals surface area (Å²) in [4.78, 5) is 11.3. The summed E-state index contributed by atoms with van der Waals surface area (Å²) in [6.07, 6.45) is 1.72. The SMILES string of the molecule is O=C(O)C1(c2ccccc2OC(F)F)CCC1. The Morgan fingerprint density at radius 2 is 2.00 bits per heavy atom. The molecule has 0 spiro atoms. The standard InChI is InChI=1S/C12H12F2O3/c13-11(14)17-9-5-2-1-4-8(9)12(10(15)16)6-3-7-12/h1-2,4-5,11H,3,6-7H2,(H,15,16). The zero-order chi connectivity index (χ0) is 12.5. The molecule has 0 heterocycles. The van der Waals surface area contributed by atoms with Gasteiger partial charge >= 0.3 is 12.6 Å². The molecule has 2 rings (SSSR count). The highest BCUT2D eigenvalue weighted by Gasteiger charge is 2.47. The number of carboxylic acids is 1. The minimum atomic E-state index is -2.94. The smallest absolute Gasteiger partial charge is 0.387 e. The van der Waals surface area contributed by atoms with Gasteiger partial charge in [-0.1, -0.05) is 24.6 Å². The Hall–Kier alpha value is -1.65. The van der Waals surface area contributed by atoms with E-state index < -0.39 is 18.0 Å². The second-order valence-electron chi connectivity index (χ2n) is 4.12. The molecule has 0 saturated heterocycles. The number of benzene rings is 1. The molecule has 1 fully saturated rings. The quantitative estimate of drug-likeness (QED) is 0.883. The van der Waals surface area contributed by atoms with Gasteiger partial charge in [0.25, 0.3) is 0 Å². The number of carboxylic acid groups (broad SMARTS) is 1. The zero-order valence-electron chi connectivity index (χ0n) is 9.03. The summed E-state index contributed by atoms with van der Waals surface area (Å²) < 4.78 is 28.9. The van der Waals surface area contributed by atoms with Gasteiger partial charge in [-0.2, -0.15) is 8.78 Å². The zero-order valence-corrected chi connectivity index (χ0v) is 9.03. The van der Waals surface area contributed by atoms with Crippen LogP contribution in [0.15, 0.2) is 24.3 Å². The maximum atomic E-state index is 12.2. The van der Waals surface area contributed by atoms with E-state index in [1.54, 1.807) is 18.2 Å². The number of halogens is 2. The monoisotopic (exact) mass is 242 g/mol. The third-order valence-corrected chi connectivity index (χ3v) is 3.24. The van der Waals surface area contributed by atoms with Crippen LogP contribution in [0.5, 0.6) is 5.75 Å². The molecule has 1 aliphatic rings. The van der Waals surface area contributed by atoms with E-state index in [-0.39, 0.29) is 5.75 Å². The molecule has 0 amide bonds. The molecule has 0 aliphatic heterocycles. The highest BCUT2D eigenvalue weighted by atomic mass is 19.3. The minimum absolute atomic E-state index is 0.0374. The Morgan fingerprint density at radius 1 is 1.35 bits per heavy atom. The molecule has 0 aromatic heterocycles. The van der Waals surface area contributed by atoms with E-state index in [1.807, 2.05) is 0 Å². The molecule has 92 valence electrons. The lowest BCUT2D eigenvalue weighted by Gasteiger charge is -2.38. The van der Waals surface area contributed by atoms with Crippen molar-refractivity contribution in [3.8, 4) is 5.75 Å². The number of alkyl halides is 2. The summed E-state index contributed by atoms with van der Waals surface area (Å²) in [6.45, 7) is -2.94. The van der Waals surface area contributed by atoms with Gasteiger partial charge < -0.3 is 9.84 Å². The van der Waals surface area contributed by atoms with Crippen LogP contribution >= 0.6 is 0 Å². The van der Waals surface area contributed by atoms with E-state index in [4.69, 9.17) is 0 Å². The average Bonchev–Trinajstić information content (AvgIpc) is 2.17. The van der Waals surface area contributed by atoms with Crippen LogP contribution in [0, 0.1) is 0 Å². The van der Waals surface area contributed by atoms with Crippen molar-refractivity contribution in [3.05, 3.63) is 29.8 Å². The Balaban J connectivity index is 2.40. The molecule has 1 N–H and O–H groups in total. The van der Waals surface area contributed by atoms with E-state index in [9.17, 15) is 18.7 Å². The first kappa shape index (κ1) is 11.8. The highest BCUT2D eigenvalue weighted by molar-refractivity contribution is 5.83. The lowest BCUT2D eigenvalue weighted by atomic mass is 9.64. The number of rotatable bonds is 4. The van der Waals surface area contributed by atoms with E-state index in [0.717, 1.165) is 6.42 Å². The molecule has 1 aromatic rings. The molecule has 0 unspecified atom stereocenters. The fourth-order valence-electron chi connectivity index (χ4n) is 2.19. The second-order valence-corrected chi connectivity index (χ2v) is 4.12. The highest BCUT2D eigenvalue weighted by Crippen LogP contribution is 2.47. The third-order valence-electron chi connectivity index (χ3n) is 3.24. The predicted octanol–water partition coefficient (Wildman–Crippen LogP) is 2.79. The Morgan fingerprint density at radius 3 is 2.47 bits per heavy atom. The van der Waals surface area contributed by atoms with Crippen LogP contribution in [0.25, 0.3) is 0 Å². The van der Waals surface area contributed by atoms with Gasteiger partial charge in [0.2, 0.25) is 0 Å². The van der Waals surface area contributed by atoms with Crippen LogP contribution in [-0.2, 0) is 10.2 Å². The van der Waals surface area contributed by atoms with Crippen LogP contribution in [0.4, 0.5) is 8.78 Å². The molecule has 1 saturated carbocycles. The van der Waals surface area contributed by atoms with Gasteiger partial charge in [-0.25, -0.2) is 0 Å². The van der Waals surface area contributed by atoms with Crippen molar-refractivity contribution in [1.82, 2.24) is 0 Å². The summed E-state index contributed by atoms with van der Waals surface area (Å²) in [6, 6.07) is 6.11. The molecule has 17 heavy (non-hydrogen) atoms. The summed E-state index contributed by atoms with van der Waals surface area (Å²) in [7, 11) is 0. The van der Waals surface area contributed by atoms with Crippen LogP contribution in [0.1, 0.15) is 24.8 Å². The Bertz CT molecular complexity index is 428. The van der Waals surface area contributed by atoms with Gasteiger partial charge in [0, 0.05) is 5.56 Å². The molecule has 0 bridgehead atoms. The summed E-state index contributed by atoms with van der Waals surface area (Å²) in [5.74, 6) is -1.02. The van der Waals surface area contributed by atoms with Gasteiger partial charge in [-0.15, -0.1) is 0 Å². The van der Waals surface area contributed by atoms with Gasteiger partial charge in [-0.3, -0.25) is 4.79 Å². The van der Waals surface area contributed by atoms with E-state index in [0.29, 0.717) is 18.4 Å². The van der Waals surface area contributed by atoms with Gasteiger partial charge in [-0.05, 0) is 18.9 Å². The molecule has 1 aliphatic carbocycles. The van der Waals surface area contributed by atoms with Crippen LogP contribution in [0.2, 0.25) is 0 Å². The number of aliphatic carboxylic acids is 1. The third kappa shape index (κ3) is 1.97. The van der Waals surface area contributed by atoms with Gasteiger partial charge in [0.15, 0.2) is 0 Å². The number of hydrogen-bond donors (Lipinski definition) is 1. The van der Waals surface area contributed by atoms with Crippen molar-refractivity contribution in [3.63, 3.8) is 0 Å². The molecule has 5 heteroatoms. The number of hydrogen-bond acceptors (Lipinski definition) is 2. The number of ether oxygens (including phenoxy) is 1. The predicted molar refractivity (Wildman–Crippen MR) is 56.2 cm³/mol. The van der Waals surface area contributed by atoms with Crippen molar-refractivity contribution in [2.75, 3.05) is 0 Å². The topological polar surface area (TPSA) is 46.5 Å². The first-order valence-corrected chi connectivity index (χ1v) is 5.34. The van der Waals surface area contributed by atoms with Gasteiger partial charge in [0.1, 0.15) is 5.75 Å². The second kappa shape index (κ2) is 4.31. The van der Waals surface area contributed by atoms with Gasteiger partial charge in [0.05, 0.1) is 5.41 Å². The van der Waals surface area contributed by atoms with Crippen LogP contribution in [-0.4, -0.2) is 17.7 Å². The maximum absolute atomic E-state index is 12.2. The van der Waals surface area contributed by atoms with Crippen molar-refractivity contribution >= 4 is 5.97 Å². The molecule has 1 aromatic carbocycles. The lowest BCUT2D eigenvalue weighted by Crippen LogP contribution is -2.42. The molecule has 0 radical (unpaired) electrons. The fraction of sp³-hybridized carbons (Fsp3) is 0.417. The first-order chi connectivity index (χ1) is 8.06. The average molecular weight is 242 g/mol. The fourth-order valence-corrected chi connectivity index (χ4v) is 2.19. The summed E-state index contributed by atoms with van der Waals surface area (Å²) in [5.41, 5.74) is -0.704. The van der Waals surface area contributed by atoms with E-state index in [2.05, 4.69) is 4.74 Å². The lowest BCUT2D eigenvalue weighted by molar-refractivity contribution is -0.147. The van der Waals surface area contributed by atoms with E-state index >= 15 is 0 Å². The Labute approximate surface area is 97.0 Å². The molecule has 0 atom stereocenters. The normalized spacial score (nSPS) is 17.6. The van der Waals surface area contributed by atoms with Crippen LogP contribution < -0.4 is 4.74 Å². The number of para-hydroxylation sites is 1. The largest absolute Gasteiger partial charge is 0.481 e. The number of carbonyl (C=O) groups is 1. The van der Waals surface area contributed by atoms with Crippen LogP contribution in [0.3, 0.4) is 0 Å². The summed E-state index contributed by atoms with van der Waals surface area (Å²) >= 11 is 0. The first-order valence-electron chi connectivity index (χ1n) is 5.34. The van der Waals surface area contributed by atoms with E-state index in [1.165, 1.54) is 6.07 Å². The Kier molecular flexibility index (Phi) is 3.00. The molecule has 3 nitrogen and oxygen atoms in total. The maximum Gasteiger partial charge on any atom is 0.387 e. The van der Waals surface area contributed by atoms with Crippen molar-refractivity contribution in [2.45, 2.75) is 31.3 Å².